The van der Waals surface area contributed by atoms with Gasteiger partial charge in [0.25, 0.3) is 5.91 Å². The van der Waals surface area contributed by atoms with Crippen LogP contribution in [0, 0.1) is 0 Å². The van der Waals surface area contributed by atoms with E-state index in [0.29, 0.717) is 22.4 Å². The average molecular weight is 319 g/mol. The van der Waals surface area contributed by atoms with E-state index in [0.717, 1.165) is 12.1 Å². The minimum Gasteiger partial charge on any atom is -0.506 e. The highest BCUT2D eigenvalue weighted by Gasteiger charge is 2.34. The largest absolute Gasteiger partial charge is 0.506 e. The molecule has 2 aromatic carbocycles. The molecule has 1 amide bonds. The first-order chi connectivity index (χ1) is 11.6. The van der Waals surface area contributed by atoms with Crippen LogP contribution < -0.4 is 11.1 Å². The first kappa shape index (κ1) is 14.7. The van der Waals surface area contributed by atoms with E-state index in [1.807, 2.05) is 24.3 Å². The highest BCUT2D eigenvalue weighted by Crippen LogP contribution is 2.39. The molecule has 24 heavy (non-hydrogen) atoms. The molecular weight excluding hydrogens is 302 g/mol. The minimum atomic E-state index is -0.233. The molecule has 2 atom stereocenters. The second-order valence-electron chi connectivity index (χ2n) is 6.11. The van der Waals surface area contributed by atoms with Crippen molar-refractivity contribution in [3.63, 3.8) is 0 Å². The molecule has 5 heteroatoms. The Kier molecular flexibility index (Phi) is 3.43. The van der Waals surface area contributed by atoms with E-state index in [9.17, 15) is 9.90 Å². The lowest BCUT2D eigenvalue weighted by Gasteiger charge is -2.09. The summed E-state index contributed by atoms with van der Waals surface area (Å²) in [6, 6.07) is 14.7. The average Bonchev–Trinajstić information content (AvgIpc) is 3.33. The number of benzene rings is 2. The van der Waals surface area contributed by atoms with Gasteiger partial charge >= 0.3 is 0 Å². The number of pyridine rings is 1. The molecule has 1 aliphatic rings. The van der Waals surface area contributed by atoms with Crippen molar-refractivity contribution >= 4 is 22.5 Å². The van der Waals surface area contributed by atoms with Gasteiger partial charge in [0.05, 0.1) is 0 Å². The molecule has 5 nitrogen and oxygen atoms in total. The number of aromatic hydroxyl groups is 1. The second kappa shape index (κ2) is 5.62. The van der Waals surface area contributed by atoms with Gasteiger partial charge in [0.2, 0.25) is 0 Å². The maximum Gasteiger partial charge on any atom is 0.256 e. The zero-order valence-corrected chi connectivity index (χ0v) is 12.9. The van der Waals surface area contributed by atoms with Crippen molar-refractivity contribution in [1.82, 2.24) is 4.98 Å². The summed E-state index contributed by atoms with van der Waals surface area (Å²) in [6.07, 6.45) is 2.61. The van der Waals surface area contributed by atoms with Crippen molar-refractivity contribution < 1.29 is 9.90 Å². The smallest absolute Gasteiger partial charge is 0.256 e. The van der Waals surface area contributed by atoms with Gasteiger partial charge in [-0.15, -0.1) is 0 Å². The Morgan fingerprint density at radius 3 is 2.62 bits per heavy atom. The summed E-state index contributed by atoms with van der Waals surface area (Å²) in [7, 11) is 0. The monoisotopic (exact) mass is 319 g/mol. The predicted octanol–water partition coefficient (Wildman–Crippen LogP) is 3.01. The van der Waals surface area contributed by atoms with Crippen LogP contribution in [0.2, 0.25) is 0 Å². The quantitative estimate of drug-likeness (QED) is 0.692. The van der Waals surface area contributed by atoms with Crippen LogP contribution in [0.3, 0.4) is 0 Å². The lowest BCUT2D eigenvalue weighted by molar-refractivity contribution is 0.102. The Balaban J connectivity index is 1.59. The van der Waals surface area contributed by atoms with Crippen LogP contribution in [0.15, 0.2) is 54.7 Å². The van der Waals surface area contributed by atoms with Crippen molar-refractivity contribution in [2.24, 2.45) is 5.73 Å². The highest BCUT2D eigenvalue weighted by atomic mass is 16.3. The molecule has 120 valence electrons. The maximum atomic E-state index is 12.6. The number of amides is 1. The number of nitrogens with one attached hydrogen (secondary N) is 1. The lowest BCUT2D eigenvalue weighted by Crippen LogP contribution is -2.12. The Labute approximate surface area is 139 Å². The summed E-state index contributed by atoms with van der Waals surface area (Å²) in [5, 5.41) is 13.4. The number of fused-ring (bicyclic) bond motifs is 1. The fourth-order valence-electron chi connectivity index (χ4n) is 2.97. The number of carbonyl (C=O) groups is 1. The van der Waals surface area contributed by atoms with Gasteiger partial charge < -0.3 is 16.2 Å². The molecule has 1 aromatic heterocycles. The highest BCUT2D eigenvalue weighted by molar-refractivity contribution is 6.13. The fraction of sp³-hybridized carbons (Fsp3) is 0.158. The van der Waals surface area contributed by atoms with Gasteiger partial charge in [0, 0.05) is 34.8 Å². The number of rotatable bonds is 3. The summed E-state index contributed by atoms with van der Waals surface area (Å²) in [5.74, 6) is 0.276. The minimum absolute atomic E-state index is 0.0623. The Morgan fingerprint density at radius 2 is 1.92 bits per heavy atom. The fourth-order valence-corrected chi connectivity index (χ4v) is 2.97. The van der Waals surface area contributed by atoms with Gasteiger partial charge in [-0.25, -0.2) is 0 Å². The summed E-state index contributed by atoms with van der Waals surface area (Å²) < 4.78 is 0. The SMILES string of the molecule is N[C@H]1C[C@@H]1c1ccc(NC(=O)c2ccc(O)c3ncccc23)cc1. The van der Waals surface area contributed by atoms with Crippen molar-refractivity contribution in [3.8, 4) is 5.75 Å². The maximum absolute atomic E-state index is 12.6. The van der Waals surface area contributed by atoms with E-state index in [2.05, 4.69) is 10.3 Å². The summed E-state index contributed by atoms with van der Waals surface area (Å²) in [4.78, 5) is 16.7. The third-order valence-electron chi connectivity index (χ3n) is 4.43. The summed E-state index contributed by atoms with van der Waals surface area (Å²) in [5.41, 5.74) is 8.69. The topological polar surface area (TPSA) is 88.2 Å². The summed E-state index contributed by atoms with van der Waals surface area (Å²) >= 11 is 0. The van der Waals surface area contributed by atoms with Crippen molar-refractivity contribution in [3.05, 3.63) is 65.9 Å². The van der Waals surface area contributed by atoms with Crippen LogP contribution in [0.4, 0.5) is 5.69 Å². The van der Waals surface area contributed by atoms with Crippen LogP contribution >= 0.6 is 0 Å². The van der Waals surface area contributed by atoms with E-state index in [1.54, 1.807) is 24.4 Å². The molecule has 4 rings (SSSR count). The molecular formula is C19H17N3O2. The van der Waals surface area contributed by atoms with E-state index < -0.39 is 0 Å². The predicted molar refractivity (Wildman–Crippen MR) is 93.1 cm³/mol. The van der Waals surface area contributed by atoms with E-state index in [4.69, 9.17) is 5.73 Å². The number of anilines is 1. The second-order valence-corrected chi connectivity index (χ2v) is 6.11. The van der Waals surface area contributed by atoms with Gasteiger partial charge in [-0.1, -0.05) is 18.2 Å². The Hall–Kier alpha value is -2.92. The number of aromatic nitrogens is 1. The molecule has 0 bridgehead atoms. The van der Waals surface area contributed by atoms with Crippen LogP contribution in [-0.4, -0.2) is 22.0 Å². The number of phenolic OH excluding ortho intramolecular Hbond substituents is 1. The standard InChI is InChI=1S/C19H17N3O2/c20-16-10-15(16)11-3-5-12(6-4-11)22-19(24)14-7-8-17(23)18-13(14)2-1-9-21-18/h1-9,15-16,23H,10,20H2,(H,22,24)/t15-,16+/m1/s1. The van der Waals surface area contributed by atoms with Gasteiger partial charge in [-0.05, 0) is 42.3 Å². The molecule has 4 N–H and O–H groups in total. The van der Waals surface area contributed by atoms with Gasteiger partial charge in [-0.3, -0.25) is 9.78 Å². The molecule has 3 aromatic rings. The number of hydrogen-bond acceptors (Lipinski definition) is 4. The molecule has 0 unspecified atom stereocenters. The number of carbonyl (C=O) groups excluding carboxylic acids is 1. The third kappa shape index (κ3) is 2.59. The molecule has 1 heterocycles. The number of nitrogens with two attached hydrogens (primary N) is 1. The van der Waals surface area contributed by atoms with E-state index in [-0.39, 0.29) is 17.7 Å². The van der Waals surface area contributed by atoms with E-state index >= 15 is 0 Å². The molecule has 0 aliphatic heterocycles. The van der Waals surface area contributed by atoms with Crippen molar-refractivity contribution in [2.75, 3.05) is 5.32 Å². The Morgan fingerprint density at radius 1 is 1.17 bits per heavy atom. The zero-order chi connectivity index (χ0) is 16.7. The third-order valence-corrected chi connectivity index (χ3v) is 4.43. The van der Waals surface area contributed by atoms with Gasteiger partial charge in [0.1, 0.15) is 11.3 Å². The molecule has 0 spiro atoms. The Bertz CT molecular complexity index is 922. The zero-order valence-electron chi connectivity index (χ0n) is 12.9. The summed E-state index contributed by atoms with van der Waals surface area (Å²) in [6.45, 7) is 0. The van der Waals surface area contributed by atoms with Gasteiger partial charge in [-0.2, -0.15) is 0 Å². The van der Waals surface area contributed by atoms with Crippen LogP contribution in [0.1, 0.15) is 28.3 Å². The molecule has 0 radical (unpaired) electrons. The first-order valence-corrected chi connectivity index (χ1v) is 7.87. The van der Waals surface area contributed by atoms with Crippen LogP contribution in [-0.2, 0) is 0 Å². The normalized spacial score (nSPS) is 19.2. The van der Waals surface area contributed by atoms with Crippen molar-refractivity contribution in [1.29, 1.82) is 0 Å². The molecule has 1 saturated carbocycles. The molecule has 0 saturated heterocycles. The van der Waals surface area contributed by atoms with E-state index in [1.165, 1.54) is 11.6 Å². The molecule has 1 fully saturated rings. The molecule has 1 aliphatic carbocycles. The van der Waals surface area contributed by atoms with Gasteiger partial charge in [0.15, 0.2) is 0 Å². The number of nitrogens with zero attached hydrogens (tertiary/aromatic N) is 1. The lowest BCUT2D eigenvalue weighted by atomic mass is 10.1. The first-order valence-electron chi connectivity index (χ1n) is 7.87. The number of hydrogen-bond donors (Lipinski definition) is 3. The number of phenols is 1. The van der Waals surface area contributed by atoms with Crippen molar-refractivity contribution in [2.45, 2.75) is 18.4 Å². The van der Waals surface area contributed by atoms with Crippen LogP contribution in [0.5, 0.6) is 5.75 Å². The van der Waals surface area contributed by atoms with Crippen LogP contribution in [0.25, 0.3) is 10.9 Å².